The van der Waals surface area contributed by atoms with Crippen LogP contribution in [0.3, 0.4) is 0 Å². The van der Waals surface area contributed by atoms with Gasteiger partial charge in [-0.25, -0.2) is 4.98 Å². The number of benzene rings is 3. The summed E-state index contributed by atoms with van der Waals surface area (Å²) in [6.45, 7) is 1.80. The predicted octanol–water partition coefficient (Wildman–Crippen LogP) is 3.34. The zero-order chi connectivity index (χ0) is 20.4. The maximum Gasteiger partial charge on any atom is 0.261 e. The summed E-state index contributed by atoms with van der Waals surface area (Å²) in [5.74, 6) is 0.223. The number of aryl methyl sites for hydroxylation is 1. The molecule has 6 heteroatoms. The van der Waals surface area contributed by atoms with Gasteiger partial charge in [0.05, 0.1) is 23.3 Å². The lowest BCUT2D eigenvalue weighted by molar-refractivity contribution is -0.123. The smallest absolute Gasteiger partial charge is 0.261 e. The first kappa shape index (κ1) is 18.7. The minimum Gasteiger partial charge on any atom is -0.484 e. The molecule has 4 rings (SSSR count). The third-order valence-electron chi connectivity index (χ3n) is 4.91. The second-order valence-electron chi connectivity index (χ2n) is 7.02. The maximum atomic E-state index is 12.3. The fourth-order valence-corrected chi connectivity index (χ4v) is 3.27. The number of ether oxygens (including phenoxy) is 1. The van der Waals surface area contributed by atoms with E-state index in [2.05, 4.69) is 28.5 Å². The molecular formula is C23H21N3O3. The summed E-state index contributed by atoms with van der Waals surface area (Å²) in [6, 6.07) is 19.1. The number of fused-ring (bicyclic) bond motifs is 2. The molecular weight excluding hydrogens is 366 g/mol. The van der Waals surface area contributed by atoms with Gasteiger partial charge in [0, 0.05) is 7.05 Å². The normalized spacial score (nSPS) is 12.1. The first-order chi connectivity index (χ1) is 14.0. The first-order valence-electron chi connectivity index (χ1n) is 9.37. The summed E-state index contributed by atoms with van der Waals surface area (Å²) in [5.41, 5.74) is 1.46. The molecule has 1 unspecified atom stereocenters. The Kier molecular flexibility index (Phi) is 4.99. The van der Waals surface area contributed by atoms with Crippen molar-refractivity contribution in [3.05, 3.63) is 82.9 Å². The van der Waals surface area contributed by atoms with E-state index in [0.717, 1.165) is 16.3 Å². The van der Waals surface area contributed by atoms with Crippen LogP contribution in [0.4, 0.5) is 0 Å². The highest BCUT2D eigenvalue weighted by molar-refractivity contribution is 5.84. The summed E-state index contributed by atoms with van der Waals surface area (Å²) in [5, 5.41) is 5.70. The van der Waals surface area contributed by atoms with E-state index in [1.54, 1.807) is 25.2 Å². The monoisotopic (exact) mass is 387 g/mol. The average molecular weight is 387 g/mol. The SMILES string of the molecule is CC(NC(=O)COc1ccc2ncn(C)c(=O)c2c1)c1ccc2ccccc2c1. The number of nitrogens with one attached hydrogen (secondary N) is 1. The van der Waals surface area contributed by atoms with Gasteiger partial charge in [0.1, 0.15) is 5.75 Å². The van der Waals surface area contributed by atoms with Crippen LogP contribution in [0.2, 0.25) is 0 Å². The molecule has 0 aliphatic heterocycles. The van der Waals surface area contributed by atoms with Gasteiger partial charge >= 0.3 is 0 Å². The minimum atomic E-state index is -0.232. The number of hydrogen-bond donors (Lipinski definition) is 1. The molecule has 29 heavy (non-hydrogen) atoms. The number of nitrogens with zero attached hydrogens (tertiary/aromatic N) is 2. The fourth-order valence-electron chi connectivity index (χ4n) is 3.27. The second kappa shape index (κ2) is 7.75. The quantitative estimate of drug-likeness (QED) is 0.570. The lowest BCUT2D eigenvalue weighted by Crippen LogP contribution is -2.31. The molecule has 1 N–H and O–H groups in total. The number of carbonyl (C=O) groups is 1. The summed E-state index contributed by atoms with van der Waals surface area (Å²) in [4.78, 5) is 28.7. The molecule has 0 saturated heterocycles. The lowest BCUT2D eigenvalue weighted by atomic mass is 10.0. The van der Waals surface area contributed by atoms with E-state index in [1.165, 1.54) is 10.9 Å². The van der Waals surface area contributed by atoms with E-state index < -0.39 is 0 Å². The summed E-state index contributed by atoms with van der Waals surface area (Å²) < 4.78 is 7.00. The van der Waals surface area contributed by atoms with Gasteiger partial charge in [-0.15, -0.1) is 0 Å². The van der Waals surface area contributed by atoms with Crippen LogP contribution in [0.25, 0.3) is 21.7 Å². The number of amides is 1. The lowest BCUT2D eigenvalue weighted by Gasteiger charge is -2.15. The van der Waals surface area contributed by atoms with Crippen molar-refractivity contribution in [1.29, 1.82) is 0 Å². The van der Waals surface area contributed by atoms with Crippen LogP contribution in [0.5, 0.6) is 5.75 Å². The van der Waals surface area contributed by atoms with Crippen molar-refractivity contribution in [3.8, 4) is 5.75 Å². The standard InChI is InChI=1S/C23H21N3O3/c1-15(17-8-7-16-5-3-4-6-18(16)11-17)25-22(27)13-29-19-9-10-21-20(12-19)23(28)26(2)14-24-21/h3-12,14-15H,13H2,1-2H3,(H,25,27). The number of hydrogen-bond acceptors (Lipinski definition) is 4. The molecule has 1 aromatic heterocycles. The van der Waals surface area contributed by atoms with E-state index in [1.807, 2.05) is 31.2 Å². The molecule has 3 aromatic carbocycles. The molecule has 1 heterocycles. The Balaban J connectivity index is 1.42. The van der Waals surface area contributed by atoms with Gasteiger partial charge in [0.2, 0.25) is 0 Å². The minimum absolute atomic E-state index is 0.135. The zero-order valence-electron chi connectivity index (χ0n) is 16.3. The van der Waals surface area contributed by atoms with Gasteiger partial charge in [-0.3, -0.25) is 9.59 Å². The highest BCUT2D eigenvalue weighted by Gasteiger charge is 2.11. The first-order valence-corrected chi connectivity index (χ1v) is 9.37. The molecule has 1 amide bonds. The average Bonchev–Trinajstić information content (AvgIpc) is 2.74. The van der Waals surface area contributed by atoms with Gasteiger partial charge in [-0.05, 0) is 47.5 Å². The summed E-state index contributed by atoms with van der Waals surface area (Å²) in [7, 11) is 1.64. The van der Waals surface area contributed by atoms with Crippen molar-refractivity contribution in [2.75, 3.05) is 6.61 Å². The molecule has 1 atom stereocenters. The Labute approximate surface area is 167 Å². The number of rotatable bonds is 5. The number of aromatic nitrogens is 2. The maximum absolute atomic E-state index is 12.3. The van der Waals surface area contributed by atoms with E-state index in [9.17, 15) is 9.59 Å². The molecule has 0 saturated carbocycles. The van der Waals surface area contributed by atoms with Crippen molar-refractivity contribution in [1.82, 2.24) is 14.9 Å². The molecule has 4 aromatic rings. The highest BCUT2D eigenvalue weighted by atomic mass is 16.5. The van der Waals surface area contributed by atoms with E-state index in [-0.39, 0.29) is 24.1 Å². The third-order valence-corrected chi connectivity index (χ3v) is 4.91. The van der Waals surface area contributed by atoms with Crippen LogP contribution in [0.1, 0.15) is 18.5 Å². The van der Waals surface area contributed by atoms with E-state index in [0.29, 0.717) is 16.7 Å². The molecule has 0 spiro atoms. The van der Waals surface area contributed by atoms with Crippen LogP contribution < -0.4 is 15.6 Å². The second-order valence-corrected chi connectivity index (χ2v) is 7.02. The van der Waals surface area contributed by atoms with Crippen molar-refractivity contribution in [3.63, 3.8) is 0 Å². The molecule has 0 aliphatic carbocycles. The Morgan fingerprint density at radius 1 is 1.10 bits per heavy atom. The Hall–Kier alpha value is -3.67. The van der Waals surface area contributed by atoms with Crippen molar-refractivity contribution >= 4 is 27.6 Å². The molecule has 0 fully saturated rings. The third kappa shape index (κ3) is 3.96. The van der Waals surface area contributed by atoms with Crippen LogP contribution in [-0.2, 0) is 11.8 Å². The highest BCUT2D eigenvalue weighted by Crippen LogP contribution is 2.20. The molecule has 0 radical (unpaired) electrons. The van der Waals surface area contributed by atoms with Gasteiger partial charge < -0.3 is 14.6 Å². The largest absolute Gasteiger partial charge is 0.484 e. The van der Waals surface area contributed by atoms with Gasteiger partial charge in [-0.1, -0.05) is 36.4 Å². The topological polar surface area (TPSA) is 73.2 Å². The van der Waals surface area contributed by atoms with Crippen molar-refractivity contribution in [2.24, 2.45) is 7.05 Å². The van der Waals surface area contributed by atoms with Gasteiger partial charge in [0.25, 0.3) is 11.5 Å². The van der Waals surface area contributed by atoms with Crippen molar-refractivity contribution in [2.45, 2.75) is 13.0 Å². The van der Waals surface area contributed by atoms with E-state index >= 15 is 0 Å². The van der Waals surface area contributed by atoms with Gasteiger partial charge in [0.15, 0.2) is 6.61 Å². The fraction of sp³-hybridized carbons (Fsp3) is 0.174. The number of carbonyl (C=O) groups excluding carboxylic acids is 1. The molecule has 0 bridgehead atoms. The van der Waals surface area contributed by atoms with Crippen molar-refractivity contribution < 1.29 is 9.53 Å². The predicted molar refractivity (Wildman–Crippen MR) is 113 cm³/mol. The Bertz CT molecular complexity index is 1260. The molecule has 6 nitrogen and oxygen atoms in total. The van der Waals surface area contributed by atoms with Crippen LogP contribution in [0.15, 0.2) is 71.8 Å². The Morgan fingerprint density at radius 3 is 2.72 bits per heavy atom. The summed E-state index contributed by atoms with van der Waals surface area (Å²) in [6.07, 6.45) is 1.48. The zero-order valence-corrected chi connectivity index (χ0v) is 16.3. The molecule has 0 aliphatic rings. The van der Waals surface area contributed by atoms with Crippen LogP contribution in [0, 0.1) is 0 Å². The van der Waals surface area contributed by atoms with Crippen LogP contribution in [-0.4, -0.2) is 22.1 Å². The van der Waals surface area contributed by atoms with E-state index in [4.69, 9.17) is 4.74 Å². The molecule has 146 valence electrons. The Morgan fingerprint density at radius 2 is 1.90 bits per heavy atom. The van der Waals surface area contributed by atoms with Gasteiger partial charge in [-0.2, -0.15) is 0 Å². The summed E-state index contributed by atoms with van der Waals surface area (Å²) >= 11 is 0. The van der Waals surface area contributed by atoms with Crippen LogP contribution >= 0.6 is 0 Å².